The van der Waals surface area contributed by atoms with E-state index in [1.165, 1.54) is 0 Å². The Kier molecular flexibility index (Phi) is 4.35. The fourth-order valence-electron chi connectivity index (χ4n) is 1.41. The summed E-state index contributed by atoms with van der Waals surface area (Å²) in [7, 11) is 0. The lowest BCUT2D eigenvalue weighted by Gasteiger charge is -2.14. The van der Waals surface area contributed by atoms with E-state index >= 15 is 0 Å². The van der Waals surface area contributed by atoms with Gasteiger partial charge in [-0.1, -0.05) is 0 Å². The van der Waals surface area contributed by atoms with Gasteiger partial charge in [0.25, 0.3) is 6.43 Å². The molecule has 1 aromatic rings. The molecule has 1 rings (SSSR count). The summed E-state index contributed by atoms with van der Waals surface area (Å²) in [6.07, 6.45) is -4.56. The molecule has 92 valence electrons. The molecule has 1 atom stereocenters. The highest BCUT2D eigenvalue weighted by molar-refractivity contribution is 5.59. The van der Waals surface area contributed by atoms with Crippen molar-refractivity contribution in [2.24, 2.45) is 0 Å². The third-order valence-electron chi connectivity index (χ3n) is 2.23. The maximum absolute atomic E-state index is 12.1. The smallest absolute Gasteiger partial charge is 0.265 e. The molecule has 17 heavy (non-hydrogen) atoms. The molecule has 0 fully saturated rings. The number of alkyl halides is 2. The van der Waals surface area contributed by atoms with Crippen molar-refractivity contribution in [2.75, 3.05) is 11.9 Å². The van der Waals surface area contributed by atoms with Gasteiger partial charge in [-0.3, -0.25) is 4.98 Å². The summed E-state index contributed by atoms with van der Waals surface area (Å²) in [4.78, 5) is 4.09. The van der Waals surface area contributed by atoms with Gasteiger partial charge in [0.05, 0.1) is 16.9 Å². The van der Waals surface area contributed by atoms with Crippen molar-refractivity contribution >= 4 is 5.69 Å². The van der Waals surface area contributed by atoms with E-state index in [2.05, 4.69) is 10.3 Å². The standard InChI is InChI=1S/C11H13F2N3O/c1-6-3-9(8(4-14)7(2)16-6)15-5-10(17)11(12)13/h3,10-11,17H,5H2,1-2H3,(H,15,16). The van der Waals surface area contributed by atoms with Crippen molar-refractivity contribution in [3.8, 4) is 6.07 Å². The number of nitrogens with zero attached hydrogens (tertiary/aromatic N) is 2. The lowest BCUT2D eigenvalue weighted by Crippen LogP contribution is -2.27. The first-order valence-corrected chi connectivity index (χ1v) is 5.04. The van der Waals surface area contributed by atoms with Gasteiger partial charge in [-0.25, -0.2) is 8.78 Å². The number of hydrogen-bond acceptors (Lipinski definition) is 4. The monoisotopic (exact) mass is 241 g/mol. The molecule has 0 spiro atoms. The molecule has 0 radical (unpaired) electrons. The predicted octanol–water partition coefficient (Wildman–Crippen LogP) is 1.61. The van der Waals surface area contributed by atoms with Crippen LogP contribution < -0.4 is 5.32 Å². The molecule has 0 saturated carbocycles. The minimum absolute atomic E-state index is 0.303. The SMILES string of the molecule is Cc1cc(NCC(O)C(F)F)c(C#N)c(C)n1. The number of nitriles is 1. The topological polar surface area (TPSA) is 68.9 Å². The second kappa shape index (κ2) is 5.55. The highest BCUT2D eigenvalue weighted by Gasteiger charge is 2.17. The maximum atomic E-state index is 12.1. The number of aryl methyl sites for hydroxylation is 2. The van der Waals surface area contributed by atoms with Crippen LogP contribution in [0.2, 0.25) is 0 Å². The Bertz CT molecular complexity index is 443. The summed E-state index contributed by atoms with van der Waals surface area (Å²) in [6.45, 7) is 3.10. The number of nitrogens with one attached hydrogen (secondary N) is 1. The Hall–Kier alpha value is -1.74. The lowest BCUT2D eigenvalue weighted by molar-refractivity contribution is 0.00384. The van der Waals surface area contributed by atoms with Crippen LogP contribution >= 0.6 is 0 Å². The van der Waals surface area contributed by atoms with Crippen LogP contribution in [0.4, 0.5) is 14.5 Å². The average molecular weight is 241 g/mol. The molecule has 0 aliphatic heterocycles. The first-order chi connectivity index (χ1) is 7.95. The summed E-state index contributed by atoms with van der Waals surface area (Å²) in [6, 6.07) is 3.54. The minimum atomic E-state index is -2.81. The number of anilines is 1. The van der Waals surface area contributed by atoms with Gasteiger partial charge < -0.3 is 10.4 Å². The van der Waals surface area contributed by atoms with Crippen LogP contribution in [-0.2, 0) is 0 Å². The Labute approximate surface area is 97.9 Å². The number of pyridine rings is 1. The molecule has 0 aliphatic rings. The highest BCUT2D eigenvalue weighted by atomic mass is 19.3. The normalized spacial score (nSPS) is 12.3. The summed E-state index contributed by atoms with van der Waals surface area (Å²) < 4.78 is 24.2. The van der Waals surface area contributed by atoms with Gasteiger partial charge in [-0.15, -0.1) is 0 Å². The van der Waals surface area contributed by atoms with E-state index in [1.54, 1.807) is 19.9 Å². The number of aliphatic hydroxyl groups is 1. The van der Waals surface area contributed by atoms with Gasteiger partial charge in [0.1, 0.15) is 12.2 Å². The van der Waals surface area contributed by atoms with Crippen LogP contribution in [0.1, 0.15) is 17.0 Å². The first kappa shape index (κ1) is 13.3. The van der Waals surface area contributed by atoms with E-state index in [4.69, 9.17) is 10.4 Å². The molecule has 6 heteroatoms. The molecule has 0 bridgehead atoms. The maximum Gasteiger partial charge on any atom is 0.265 e. The molecule has 1 aromatic heterocycles. The zero-order chi connectivity index (χ0) is 13.0. The van der Waals surface area contributed by atoms with Crippen molar-refractivity contribution in [1.82, 2.24) is 4.98 Å². The average Bonchev–Trinajstić information content (AvgIpc) is 2.24. The minimum Gasteiger partial charge on any atom is -0.385 e. The van der Waals surface area contributed by atoms with E-state index in [0.29, 0.717) is 22.6 Å². The molecule has 0 saturated heterocycles. The summed E-state index contributed by atoms with van der Waals surface area (Å²) in [5.74, 6) is 0. The second-order valence-corrected chi connectivity index (χ2v) is 3.67. The largest absolute Gasteiger partial charge is 0.385 e. The summed E-state index contributed by atoms with van der Waals surface area (Å²) in [5.41, 5.74) is 1.92. The van der Waals surface area contributed by atoms with Crippen LogP contribution in [0.15, 0.2) is 6.07 Å². The van der Waals surface area contributed by atoms with Crippen molar-refractivity contribution in [1.29, 1.82) is 5.26 Å². The van der Waals surface area contributed by atoms with Crippen LogP contribution in [0, 0.1) is 25.2 Å². The summed E-state index contributed by atoms with van der Waals surface area (Å²) in [5, 5.41) is 20.5. The Balaban J connectivity index is 2.88. The lowest BCUT2D eigenvalue weighted by atomic mass is 10.1. The van der Waals surface area contributed by atoms with E-state index < -0.39 is 12.5 Å². The highest BCUT2D eigenvalue weighted by Crippen LogP contribution is 2.18. The van der Waals surface area contributed by atoms with Crippen LogP contribution in [0.3, 0.4) is 0 Å². The van der Waals surface area contributed by atoms with Gasteiger partial charge in [-0.2, -0.15) is 5.26 Å². The number of hydrogen-bond donors (Lipinski definition) is 2. The third kappa shape index (κ3) is 3.36. The molecule has 2 N–H and O–H groups in total. The van der Waals surface area contributed by atoms with Gasteiger partial charge in [0.2, 0.25) is 0 Å². The van der Waals surface area contributed by atoms with Gasteiger partial charge in [0, 0.05) is 12.2 Å². The van der Waals surface area contributed by atoms with Gasteiger partial charge >= 0.3 is 0 Å². The van der Waals surface area contributed by atoms with Crippen LogP contribution in [0.5, 0.6) is 0 Å². The van der Waals surface area contributed by atoms with Crippen molar-refractivity contribution in [3.63, 3.8) is 0 Å². The van der Waals surface area contributed by atoms with Crippen molar-refractivity contribution in [3.05, 3.63) is 23.0 Å². The molecule has 0 aromatic carbocycles. The second-order valence-electron chi connectivity index (χ2n) is 3.67. The van der Waals surface area contributed by atoms with E-state index in [0.717, 1.165) is 0 Å². The molecular formula is C11H13F2N3O. The Morgan fingerprint density at radius 3 is 2.71 bits per heavy atom. The summed E-state index contributed by atoms with van der Waals surface area (Å²) >= 11 is 0. The van der Waals surface area contributed by atoms with Crippen molar-refractivity contribution in [2.45, 2.75) is 26.4 Å². The van der Waals surface area contributed by atoms with E-state index in [-0.39, 0.29) is 6.54 Å². The molecule has 0 amide bonds. The quantitative estimate of drug-likeness (QED) is 0.840. The van der Waals surface area contributed by atoms with E-state index in [1.807, 2.05) is 6.07 Å². The number of rotatable bonds is 4. The van der Waals surface area contributed by atoms with Gasteiger partial charge in [-0.05, 0) is 19.9 Å². The third-order valence-corrected chi connectivity index (χ3v) is 2.23. The Morgan fingerprint density at radius 1 is 1.53 bits per heavy atom. The van der Waals surface area contributed by atoms with E-state index in [9.17, 15) is 8.78 Å². The molecule has 0 aliphatic carbocycles. The molecule has 1 unspecified atom stereocenters. The fraction of sp³-hybridized carbons (Fsp3) is 0.455. The molecular weight excluding hydrogens is 228 g/mol. The Morgan fingerprint density at radius 2 is 2.18 bits per heavy atom. The molecule has 4 nitrogen and oxygen atoms in total. The first-order valence-electron chi connectivity index (χ1n) is 5.04. The zero-order valence-corrected chi connectivity index (χ0v) is 9.54. The van der Waals surface area contributed by atoms with Crippen LogP contribution in [-0.4, -0.2) is 29.2 Å². The predicted molar refractivity (Wildman–Crippen MR) is 58.9 cm³/mol. The number of halogens is 2. The van der Waals surface area contributed by atoms with Crippen LogP contribution in [0.25, 0.3) is 0 Å². The fourth-order valence-corrected chi connectivity index (χ4v) is 1.41. The van der Waals surface area contributed by atoms with Crippen molar-refractivity contribution < 1.29 is 13.9 Å². The number of aliphatic hydroxyl groups excluding tert-OH is 1. The zero-order valence-electron chi connectivity index (χ0n) is 9.54. The number of aromatic nitrogens is 1. The van der Waals surface area contributed by atoms with Gasteiger partial charge in [0.15, 0.2) is 0 Å². The molecule has 1 heterocycles.